The largest absolute Gasteiger partial charge is 0.478 e. The van der Waals surface area contributed by atoms with E-state index in [-0.39, 0.29) is 11.5 Å². The second kappa shape index (κ2) is 8.89. The van der Waals surface area contributed by atoms with Crippen molar-refractivity contribution in [3.05, 3.63) is 65.2 Å². The minimum Gasteiger partial charge on any atom is -0.478 e. The molecule has 0 fully saturated rings. The Balaban J connectivity index is 1.71. The molecule has 0 spiro atoms. The van der Waals surface area contributed by atoms with Crippen LogP contribution in [-0.4, -0.2) is 28.6 Å². The molecule has 0 heterocycles. The lowest BCUT2D eigenvalue weighted by Gasteiger charge is -2.06. The number of hydrogen-bond donors (Lipinski definition) is 3. The number of thioether (sulfide) groups is 1. The van der Waals surface area contributed by atoms with Crippen molar-refractivity contribution in [3.63, 3.8) is 0 Å². The molecule has 0 aliphatic carbocycles. The third-order valence-electron chi connectivity index (χ3n) is 3.40. The fourth-order valence-corrected chi connectivity index (χ4v) is 2.94. The fraction of sp³-hybridized carbons (Fsp3) is 0.167. The van der Waals surface area contributed by atoms with E-state index in [2.05, 4.69) is 5.32 Å². The smallest absolute Gasteiger partial charge is 0.335 e. The van der Waals surface area contributed by atoms with Crippen LogP contribution in [0, 0.1) is 0 Å². The third kappa shape index (κ3) is 5.96. The minimum absolute atomic E-state index is 0.111. The van der Waals surface area contributed by atoms with Gasteiger partial charge in [0, 0.05) is 29.2 Å². The van der Waals surface area contributed by atoms with Crippen molar-refractivity contribution in [3.8, 4) is 0 Å². The molecule has 0 radical (unpaired) electrons. The summed E-state index contributed by atoms with van der Waals surface area (Å²) in [7, 11) is 0. The van der Waals surface area contributed by atoms with E-state index in [1.54, 1.807) is 60.3 Å². The predicted molar refractivity (Wildman–Crippen MR) is 97.8 cm³/mol. The van der Waals surface area contributed by atoms with Crippen LogP contribution in [-0.2, 0) is 10.5 Å². The molecule has 6 nitrogen and oxygen atoms in total. The van der Waals surface area contributed by atoms with Crippen molar-refractivity contribution in [2.24, 2.45) is 5.73 Å². The van der Waals surface area contributed by atoms with Crippen molar-refractivity contribution in [1.29, 1.82) is 0 Å². The van der Waals surface area contributed by atoms with Crippen LogP contribution in [0.2, 0.25) is 0 Å². The van der Waals surface area contributed by atoms with Crippen molar-refractivity contribution in [1.82, 2.24) is 0 Å². The highest BCUT2D eigenvalue weighted by Crippen LogP contribution is 2.15. The molecule has 0 atom stereocenters. The van der Waals surface area contributed by atoms with Gasteiger partial charge in [0.25, 0.3) is 0 Å². The molecule has 25 heavy (non-hydrogen) atoms. The Labute approximate surface area is 149 Å². The number of carboxylic acids is 1. The molecular weight excluding hydrogens is 340 g/mol. The van der Waals surface area contributed by atoms with Gasteiger partial charge in [-0.25, -0.2) is 4.79 Å². The van der Waals surface area contributed by atoms with E-state index in [4.69, 9.17) is 10.8 Å². The quantitative estimate of drug-likeness (QED) is 0.629. The third-order valence-corrected chi connectivity index (χ3v) is 4.43. The van der Waals surface area contributed by atoms with E-state index in [9.17, 15) is 14.4 Å². The Morgan fingerprint density at radius 3 is 2.12 bits per heavy atom. The lowest BCUT2D eigenvalue weighted by molar-refractivity contribution is -0.115. The van der Waals surface area contributed by atoms with Crippen LogP contribution in [0.15, 0.2) is 48.5 Å². The zero-order chi connectivity index (χ0) is 18.2. The molecule has 0 aromatic heterocycles. The van der Waals surface area contributed by atoms with Crippen LogP contribution >= 0.6 is 11.8 Å². The van der Waals surface area contributed by atoms with Crippen LogP contribution < -0.4 is 11.1 Å². The molecule has 4 N–H and O–H groups in total. The minimum atomic E-state index is -0.945. The van der Waals surface area contributed by atoms with Gasteiger partial charge < -0.3 is 16.2 Å². The number of amides is 2. The molecule has 0 aliphatic rings. The molecule has 0 unspecified atom stereocenters. The van der Waals surface area contributed by atoms with Crippen LogP contribution in [0.5, 0.6) is 0 Å². The number of carbonyl (C=O) groups excluding carboxylic acids is 2. The number of nitrogens with one attached hydrogen (secondary N) is 1. The van der Waals surface area contributed by atoms with E-state index >= 15 is 0 Å². The van der Waals surface area contributed by atoms with Gasteiger partial charge in [-0.3, -0.25) is 9.59 Å². The summed E-state index contributed by atoms with van der Waals surface area (Å²) in [6, 6.07) is 13.1. The summed E-state index contributed by atoms with van der Waals surface area (Å²) >= 11 is 1.60. The molecule has 0 saturated heterocycles. The van der Waals surface area contributed by atoms with Crippen molar-refractivity contribution < 1.29 is 19.5 Å². The number of nitrogens with two attached hydrogens (primary N) is 1. The normalized spacial score (nSPS) is 10.2. The maximum Gasteiger partial charge on any atom is 0.335 e. The Morgan fingerprint density at radius 1 is 0.960 bits per heavy atom. The lowest BCUT2D eigenvalue weighted by Crippen LogP contribution is -2.13. The number of aromatic carboxylic acids is 1. The van der Waals surface area contributed by atoms with Crippen LogP contribution in [0.4, 0.5) is 5.69 Å². The van der Waals surface area contributed by atoms with E-state index in [0.717, 1.165) is 5.56 Å². The predicted octanol–water partition coefficient (Wildman–Crippen LogP) is 2.75. The number of primary amides is 1. The summed E-state index contributed by atoms with van der Waals surface area (Å²) in [5.74, 6) is -0.210. The van der Waals surface area contributed by atoms with Gasteiger partial charge in [0.15, 0.2) is 0 Å². The maximum absolute atomic E-state index is 11.9. The Hall–Kier alpha value is -2.80. The summed E-state index contributed by atoms with van der Waals surface area (Å²) < 4.78 is 0. The first-order valence-electron chi connectivity index (χ1n) is 7.55. The monoisotopic (exact) mass is 358 g/mol. The van der Waals surface area contributed by atoms with Gasteiger partial charge in [0.2, 0.25) is 11.8 Å². The van der Waals surface area contributed by atoms with Gasteiger partial charge in [-0.2, -0.15) is 11.8 Å². The maximum atomic E-state index is 11.9. The van der Waals surface area contributed by atoms with Crippen molar-refractivity contribution in [2.45, 2.75) is 12.2 Å². The van der Waals surface area contributed by atoms with Crippen LogP contribution in [0.1, 0.15) is 32.7 Å². The van der Waals surface area contributed by atoms with Gasteiger partial charge in [-0.1, -0.05) is 12.1 Å². The standard InChI is InChI=1S/C18H18N2O4S/c19-17(22)13-5-7-15(8-6-13)20-16(21)9-10-25-11-12-1-3-14(4-2-12)18(23)24/h1-8H,9-11H2,(H2,19,22)(H,20,21)(H,23,24). The molecule has 2 rings (SSSR count). The second-order valence-electron chi connectivity index (χ2n) is 5.29. The Kier molecular flexibility index (Phi) is 6.59. The molecule has 0 aliphatic heterocycles. The van der Waals surface area contributed by atoms with E-state index in [1.165, 1.54) is 0 Å². The summed E-state index contributed by atoms with van der Waals surface area (Å²) in [4.78, 5) is 33.6. The molecule has 0 bridgehead atoms. The number of anilines is 1. The molecular formula is C18H18N2O4S. The molecule has 2 aromatic rings. The number of rotatable bonds is 8. The highest BCUT2D eigenvalue weighted by atomic mass is 32.2. The average Bonchev–Trinajstić information content (AvgIpc) is 2.59. The van der Waals surface area contributed by atoms with Crippen LogP contribution in [0.3, 0.4) is 0 Å². The highest BCUT2D eigenvalue weighted by Gasteiger charge is 2.05. The van der Waals surface area contributed by atoms with Gasteiger partial charge in [-0.15, -0.1) is 0 Å². The Morgan fingerprint density at radius 2 is 1.56 bits per heavy atom. The van der Waals surface area contributed by atoms with E-state index in [1.807, 2.05) is 0 Å². The van der Waals surface area contributed by atoms with Gasteiger partial charge in [-0.05, 0) is 42.0 Å². The molecule has 2 amide bonds. The molecule has 0 saturated carbocycles. The van der Waals surface area contributed by atoms with Gasteiger partial charge in [0.05, 0.1) is 5.56 Å². The number of carbonyl (C=O) groups is 3. The fourth-order valence-electron chi connectivity index (χ4n) is 2.04. The first-order valence-corrected chi connectivity index (χ1v) is 8.71. The first-order chi connectivity index (χ1) is 12.0. The first kappa shape index (κ1) is 18.5. The highest BCUT2D eigenvalue weighted by molar-refractivity contribution is 7.98. The zero-order valence-electron chi connectivity index (χ0n) is 13.4. The number of hydrogen-bond acceptors (Lipinski definition) is 4. The summed E-state index contributed by atoms with van der Waals surface area (Å²) in [6.07, 6.45) is 0.357. The zero-order valence-corrected chi connectivity index (χ0v) is 14.2. The summed E-state index contributed by atoms with van der Waals surface area (Å²) in [6.45, 7) is 0. The van der Waals surface area contributed by atoms with Gasteiger partial charge in [0.1, 0.15) is 0 Å². The van der Waals surface area contributed by atoms with Crippen molar-refractivity contribution in [2.75, 3.05) is 11.1 Å². The van der Waals surface area contributed by atoms with E-state index in [0.29, 0.717) is 29.2 Å². The average molecular weight is 358 g/mol. The summed E-state index contributed by atoms with van der Waals surface area (Å²) in [5, 5.41) is 11.6. The van der Waals surface area contributed by atoms with E-state index < -0.39 is 11.9 Å². The van der Waals surface area contributed by atoms with Crippen molar-refractivity contribution >= 4 is 35.2 Å². The lowest BCUT2D eigenvalue weighted by atomic mass is 10.1. The molecule has 2 aromatic carbocycles. The summed E-state index contributed by atoms with van der Waals surface area (Å²) in [5.41, 5.74) is 7.44. The topological polar surface area (TPSA) is 109 Å². The molecule has 130 valence electrons. The SMILES string of the molecule is NC(=O)c1ccc(NC(=O)CCSCc2ccc(C(=O)O)cc2)cc1. The van der Waals surface area contributed by atoms with Crippen LogP contribution in [0.25, 0.3) is 0 Å². The Bertz CT molecular complexity index is 758. The number of benzene rings is 2. The number of carboxylic acid groups (broad SMARTS) is 1. The molecule has 7 heteroatoms. The second-order valence-corrected chi connectivity index (χ2v) is 6.40. The van der Waals surface area contributed by atoms with Gasteiger partial charge >= 0.3 is 5.97 Å².